The third-order valence-electron chi connectivity index (χ3n) is 4.32. The van der Waals surface area contributed by atoms with Crippen LogP contribution in [-0.2, 0) is 10.0 Å². The van der Waals surface area contributed by atoms with Crippen molar-refractivity contribution in [3.63, 3.8) is 0 Å². The molecule has 0 N–H and O–H groups in total. The van der Waals surface area contributed by atoms with E-state index < -0.39 is 14.9 Å². The lowest BCUT2D eigenvalue weighted by Gasteiger charge is -2.35. The fourth-order valence-electron chi connectivity index (χ4n) is 2.83. The summed E-state index contributed by atoms with van der Waals surface area (Å²) in [6.45, 7) is 3.77. The molecule has 7 nitrogen and oxygen atoms in total. The van der Waals surface area contributed by atoms with Gasteiger partial charge in [0.1, 0.15) is 0 Å². The third kappa shape index (κ3) is 3.64. The molecule has 8 heteroatoms. The zero-order valence-electron chi connectivity index (χ0n) is 13.8. The molecule has 1 fully saturated rings. The minimum absolute atomic E-state index is 0.0457. The van der Waals surface area contributed by atoms with Crippen LogP contribution in [0.5, 0.6) is 0 Å². The SMILES string of the molecule is Cc1ccc(S(=O)(=O)N2CCN(c3ccc([N+](=O)[O-])cc3)CC2)cc1. The van der Waals surface area contributed by atoms with Crippen LogP contribution in [0.3, 0.4) is 0 Å². The molecular weight excluding hydrogens is 342 g/mol. The van der Waals surface area contributed by atoms with Gasteiger partial charge in [-0.1, -0.05) is 17.7 Å². The summed E-state index contributed by atoms with van der Waals surface area (Å²) in [5, 5.41) is 10.7. The van der Waals surface area contributed by atoms with Crippen LogP contribution >= 0.6 is 0 Å². The van der Waals surface area contributed by atoms with Gasteiger partial charge in [0, 0.05) is 44.0 Å². The number of rotatable bonds is 4. The molecule has 2 aromatic rings. The van der Waals surface area contributed by atoms with Crippen molar-refractivity contribution in [3.05, 3.63) is 64.2 Å². The summed E-state index contributed by atoms with van der Waals surface area (Å²) in [5.41, 5.74) is 1.92. The second-order valence-electron chi connectivity index (χ2n) is 5.98. The second-order valence-corrected chi connectivity index (χ2v) is 7.92. The van der Waals surface area contributed by atoms with Gasteiger partial charge in [-0.2, -0.15) is 4.31 Å². The van der Waals surface area contributed by atoms with E-state index in [1.54, 1.807) is 36.4 Å². The lowest BCUT2D eigenvalue weighted by Crippen LogP contribution is -2.48. The molecule has 0 radical (unpaired) electrons. The zero-order valence-corrected chi connectivity index (χ0v) is 14.6. The molecule has 0 aromatic heterocycles. The number of nitrogens with zero attached hydrogens (tertiary/aromatic N) is 3. The Kier molecular flexibility index (Phi) is 4.73. The molecule has 132 valence electrons. The standard InChI is InChI=1S/C17H19N3O4S/c1-14-2-8-17(9-3-14)25(23,24)19-12-10-18(11-13-19)15-4-6-16(7-5-15)20(21)22/h2-9H,10-13H2,1H3. The van der Waals surface area contributed by atoms with Gasteiger partial charge in [-0.3, -0.25) is 10.1 Å². The van der Waals surface area contributed by atoms with Gasteiger partial charge in [-0.25, -0.2) is 8.42 Å². The van der Waals surface area contributed by atoms with E-state index in [1.807, 2.05) is 11.8 Å². The quantitative estimate of drug-likeness (QED) is 0.617. The first-order valence-corrected chi connectivity index (χ1v) is 9.38. The number of aryl methyl sites for hydroxylation is 1. The van der Waals surface area contributed by atoms with Gasteiger partial charge in [-0.15, -0.1) is 0 Å². The molecular formula is C17H19N3O4S. The van der Waals surface area contributed by atoms with Crippen molar-refractivity contribution >= 4 is 21.4 Å². The summed E-state index contributed by atoms with van der Waals surface area (Å²) in [4.78, 5) is 12.6. The van der Waals surface area contributed by atoms with E-state index in [9.17, 15) is 18.5 Å². The number of nitro benzene ring substituents is 1. The summed E-state index contributed by atoms with van der Waals surface area (Å²) in [6, 6.07) is 13.2. The lowest BCUT2D eigenvalue weighted by atomic mass is 10.2. The maximum absolute atomic E-state index is 12.7. The van der Waals surface area contributed by atoms with Crippen LogP contribution in [0, 0.1) is 17.0 Å². The summed E-state index contributed by atoms with van der Waals surface area (Å²) in [7, 11) is -3.49. The van der Waals surface area contributed by atoms with Gasteiger partial charge >= 0.3 is 0 Å². The minimum Gasteiger partial charge on any atom is -0.369 e. The first-order valence-electron chi connectivity index (χ1n) is 7.94. The first kappa shape index (κ1) is 17.4. The van der Waals surface area contributed by atoms with Crippen LogP contribution in [0.4, 0.5) is 11.4 Å². The van der Waals surface area contributed by atoms with Crippen molar-refractivity contribution in [2.75, 3.05) is 31.1 Å². The summed E-state index contributed by atoms with van der Waals surface area (Å²) >= 11 is 0. The van der Waals surface area contributed by atoms with Crippen molar-refractivity contribution in [3.8, 4) is 0 Å². The van der Waals surface area contributed by atoms with E-state index in [-0.39, 0.29) is 5.69 Å². The molecule has 0 saturated carbocycles. The van der Waals surface area contributed by atoms with Crippen molar-refractivity contribution in [2.24, 2.45) is 0 Å². The summed E-state index contributed by atoms with van der Waals surface area (Å²) in [5.74, 6) is 0. The first-order chi connectivity index (χ1) is 11.9. The Balaban J connectivity index is 1.69. The summed E-state index contributed by atoms with van der Waals surface area (Å²) < 4.78 is 26.9. The Morgan fingerprint density at radius 2 is 1.48 bits per heavy atom. The molecule has 0 amide bonds. The van der Waals surface area contributed by atoms with Crippen molar-refractivity contribution < 1.29 is 13.3 Å². The van der Waals surface area contributed by atoms with Gasteiger partial charge in [0.15, 0.2) is 0 Å². The number of benzene rings is 2. The molecule has 0 atom stereocenters. The number of non-ortho nitro benzene ring substituents is 1. The predicted molar refractivity (Wildman–Crippen MR) is 95.2 cm³/mol. The average Bonchev–Trinajstić information content (AvgIpc) is 2.62. The largest absolute Gasteiger partial charge is 0.369 e. The van der Waals surface area contributed by atoms with E-state index in [1.165, 1.54) is 16.4 Å². The lowest BCUT2D eigenvalue weighted by molar-refractivity contribution is -0.384. The zero-order chi connectivity index (χ0) is 18.0. The molecule has 3 rings (SSSR count). The maximum Gasteiger partial charge on any atom is 0.269 e. The smallest absolute Gasteiger partial charge is 0.269 e. The Bertz CT molecular complexity index is 856. The monoisotopic (exact) mass is 361 g/mol. The Morgan fingerprint density at radius 3 is 2.00 bits per heavy atom. The van der Waals surface area contributed by atoms with E-state index in [0.29, 0.717) is 31.1 Å². The Hall–Kier alpha value is -2.45. The second kappa shape index (κ2) is 6.81. The van der Waals surface area contributed by atoms with Gasteiger partial charge < -0.3 is 4.90 Å². The van der Waals surface area contributed by atoms with Crippen LogP contribution in [-0.4, -0.2) is 43.8 Å². The molecule has 25 heavy (non-hydrogen) atoms. The fraction of sp³-hybridized carbons (Fsp3) is 0.294. The Morgan fingerprint density at radius 1 is 0.920 bits per heavy atom. The van der Waals surface area contributed by atoms with Crippen molar-refractivity contribution in [2.45, 2.75) is 11.8 Å². The molecule has 1 heterocycles. The molecule has 1 aliphatic heterocycles. The highest BCUT2D eigenvalue weighted by Crippen LogP contribution is 2.23. The van der Waals surface area contributed by atoms with Gasteiger partial charge in [0.25, 0.3) is 5.69 Å². The molecule has 1 saturated heterocycles. The highest BCUT2D eigenvalue weighted by molar-refractivity contribution is 7.89. The highest BCUT2D eigenvalue weighted by atomic mass is 32.2. The molecule has 2 aromatic carbocycles. The van der Waals surface area contributed by atoms with E-state index in [0.717, 1.165) is 11.3 Å². The van der Waals surface area contributed by atoms with Crippen LogP contribution in [0.2, 0.25) is 0 Å². The predicted octanol–water partition coefficient (Wildman–Crippen LogP) is 2.41. The average molecular weight is 361 g/mol. The summed E-state index contributed by atoms with van der Waals surface area (Å²) in [6.07, 6.45) is 0. The van der Waals surface area contributed by atoms with Gasteiger partial charge in [0.2, 0.25) is 10.0 Å². The maximum atomic E-state index is 12.7. The number of piperazine rings is 1. The minimum atomic E-state index is -3.49. The van der Waals surface area contributed by atoms with Crippen LogP contribution in [0.1, 0.15) is 5.56 Å². The normalized spacial score (nSPS) is 16.0. The van der Waals surface area contributed by atoms with Crippen LogP contribution < -0.4 is 4.90 Å². The van der Waals surface area contributed by atoms with Crippen LogP contribution in [0.15, 0.2) is 53.4 Å². The molecule has 0 aliphatic carbocycles. The molecule has 0 unspecified atom stereocenters. The number of hydrogen-bond acceptors (Lipinski definition) is 5. The molecule has 1 aliphatic rings. The van der Waals surface area contributed by atoms with Crippen molar-refractivity contribution in [1.29, 1.82) is 0 Å². The molecule has 0 spiro atoms. The topological polar surface area (TPSA) is 83.8 Å². The van der Waals surface area contributed by atoms with Crippen LogP contribution in [0.25, 0.3) is 0 Å². The highest BCUT2D eigenvalue weighted by Gasteiger charge is 2.28. The van der Waals surface area contributed by atoms with E-state index in [4.69, 9.17) is 0 Å². The van der Waals surface area contributed by atoms with Crippen molar-refractivity contribution in [1.82, 2.24) is 4.31 Å². The van der Waals surface area contributed by atoms with E-state index in [2.05, 4.69) is 0 Å². The van der Waals surface area contributed by atoms with E-state index >= 15 is 0 Å². The number of anilines is 1. The number of sulfonamides is 1. The van der Waals surface area contributed by atoms with Gasteiger partial charge in [0.05, 0.1) is 9.82 Å². The molecule has 0 bridgehead atoms. The number of nitro groups is 1. The van der Waals surface area contributed by atoms with Gasteiger partial charge in [-0.05, 0) is 31.2 Å². The third-order valence-corrected chi connectivity index (χ3v) is 6.24. The Labute approximate surface area is 146 Å². The fourth-order valence-corrected chi connectivity index (χ4v) is 4.25. The number of hydrogen-bond donors (Lipinski definition) is 0.